The maximum atomic E-state index is 16.1. The van der Waals surface area contributed by atoms with Crippen LogP contribution < -0.4 is 33.0 Å². The standard InChI is InChI=1S/C81H137N11O9/c1-22-25-30-99-64(93)87-58-33-70(4,5)46-77(17,36-58)51-82-29-28-76(16)42-61(39-73(10,11)45-76)90-67(96)91(62-40-74(12,13)49-80(20,43-62)54-85-56-83-52-78(18)37-59(34-71(6,7)47-78)88-65(94)100-31-26-23-2)69(98)92(68(90)97)63-41-75(14,15)50-81(21,44-63)55-86-57-84-53-79(19)38-60(35-72(8,9)48-79)89-66(95)101-32-27-24-3/h28,58-63H,22-27,30-55H2,1-21H3,(H,87,93)(H,88,94)(H,89,95). The molecule has 12 atom stereocenters. The lowest BCUT2D eigenvalue weighted by atomic mass is 9.62. The Labute approximate surface area is 607 Å². The van der Waals surface area contributed by atoms with Gasteiger partial charge in [0.25, 0.3) is 0 Å². The molecule has 6 fully saturated rings. The molecule has 1 heterocycles. The fraction of sp³-hybridized carbons (Fsp3) is 0.877. The molecular weight excluding hydrogens is 1270 g/mol. The third kappa shape index (κ3) is 24.2. The van der Waals surface area contributed by atoms with Crippen LogP contribution in [0.1, 0.15) is 318 Å². The summed E-state index contributed by atoms with van der Waals surface area (Å²) < 4.78 is 20.9. The van der Waals surface area contributed by atoms with Gasteiger partial charge in [-0.3, -0.25) is 0 Å². The SMILES string of the molecule is CCCCOC(=O)NC1CC(C)(C)CC(C)(CN=C=CC2(C)CC(n3c(=O)n(C4CC(C)(C)CC(C)(CN=C=NCC5(C)CC(NC(=O)OCCCC)CC(C)(C)C5)C4)c(=O)n(C4CC(C)(C)CC(C)(CN=C=NCC5(C)CC(NC(=O)OCCCC)CC(C)(C)C5)C4)c3=O)CC(C)(C)C2)C1. The van der Waals surface area contributed by atoms with E-state index in [4.69, 9.17) is 39.2 Å². The monoisotopic (exact) mass is 1410 g/mol. The van der Waals surface area contributed by atoms with Crippen molar-refractivity contribution in [1.29, 1.82) is 0 Å². The Balaban J connectivity index is 1.22. The summed E-state index contributed by atoms with van der Waals surface area (Å²) in [4.78, 5) is 111. The molecule has 0 aliphatic heterocycles. The molecule has 101 heavy (non-hydrogen) atoms. The first kappa shape index (κ1) is 82.7. The van der Waals surface area contributed by atoms with Crippen LogP contribution in [0.5, 0.6) is 0 Å². The van der Waals surface area contributed by atoms with Crippen molar-refractivity contribution in [3.63, 3.8) is 0 Å². The maximum Gasteiger partial charge on any atom is 0.407 e. The summed E-state index contributed by atoms with van der Waals surface area (Å²) >= 11 is 0. The molecule has 0 saturated heterocycles. The second-order valence-corrected chi connectivity index (χ2v) is 40.2. The number of nitrogens with one attached hydrogen (secondary N) is 3. The predicted octanol–water partition coefficient (Wildman–Crippen LogP) is 17.4. The smallest absolute Gasteiger partial charge is 0.407 e. The summed E-state index contributed by atoms with van der Waals surface area (Å²) in [5.74, 6) is 3.40. The number of nitrogens with zero attached hydrogens (tertiary/aromatic N) is 8. The minimum absolute atomic E-state index is 0.0281. The van der Waals surface area contributed by atoms with Gasteiger partial charge in [0.05, 0.1) is 64.6 Å². The van der Waals surface area contributed by atoms with E-state index in [-0.39, 0.29) is 85.1 Å². The molecular formula is C81H137N11O9. The van der Waals surface area contributed by atoms with Crippen LogP contribution in [0.2, 0.25) is 0 Å². The fourth-order valence-corrected chi connectivity index (χ4v) is 21.6. The first-order chi connectivity index (χ1) is 46.8. The molecule has 20 nitrogen and oxygen atoms in total. The van der Waals surface area contributed by atoms with E-state index < -0.39 is 51.4 Å². The van der Waals surface area contributed by atoms with Gasteiger partial charge < -0.3 is 30.2 Å². The van der Waals surface area contributed by atoms with Gasteiger partial charge in [-0.2, -0.15) is 0 Å². The van der Waals surface area contributed by atoms with Crippen molar-refractivity contribution in [3.05, 3.63) is 37.5 Å². The van der Waals surface area contributed by atoms with E-state index in [9.17, 15) is 14.4 Å². The highest BCUT2D eigenvalue weighted by Crippen LogP contribution is 2.55. The number of carbonyl (C=O) groups excluding carboxylic acids is 3. The Morgan fingerprint density at radius 3 is 0.931 bits per heavy atom. The Hall–Kier alpha value is -5.57. The summed E-state index contributed by atoms with van der Waals surface area (Å²) in [6.45, 7) is 49.7. The zero-order valence-corrected chi connectivity index (χ0v) is 66.9. The molecule has 0 spiro atoms. The molecule has 6 aliphatic carbocycles. The number of carbonyl (C=O) groups is 3. The van der Waals surface area contributed by atoms with Crippen LogP contribution >= 0.6 is 0 Å². The van der Waals surface area contributed by atoms with Gasteiger partial charge in [-0.25, -0.2) is 67.4 Å². The normalized spacial score (nSPS) is 32.9. The van der Waals surface area contributed by atoms with E-state index in [1.54, 1.807) is 0 Å². The second kappa shape index (κ2) is 32.8. The van der Waals surface area contributed by atoms with Gasteiger partial charge in [0.15, 0.2) is 0 Å². The van der Waals surface area contributed by atoms with E-state index in [1.807, 2.05) is 0 Å². The molecule has 0 aromatic carbocycles. The number of rotatable bonds is 26. The van der Waals surface area contributed by atoms with E-state index in [2.05, 4.69) is 185 Å². The van der Waals surface area contributed by atoms with Crippen LogP contribution in [0.4, 0.5) is 14.4 Å². The van der Waals surface area contributed by atoms with Gasteiger partial charge in [-0.15, -0.1) is 0 Å². The van der Waals surface area contributed by atoms with E-state index in [0.717, 1.165) is 116 Å². The Morgan fingerprint density at radius 1 is 0.376 bits per heavy atom. The summed E-state index contributed by atoms with van der Waals surface area (Å²) in [6, 6.07) is 4.39. The van der Waals surface area contributed by atoms with Gasteiger partial charge in [-0.05, 0) is 212 Å². The van der Waals surface area contributed by atoms with E-state index in [1.165, 1.54) is 13.7 Å². The highest BCUT2D eigenvalue weighted by molar-refractivity contribution is 5.68. The third-order valence-electron chi connectivity index (χ3n) is 23.1. The van der Waals surface area contributed by atoms with Gasteiger partial charge in [0.1, 0.15) is 0 Å². The summed E-state index contributed by atoms with van der Waals surface area (Å²) in [6.07, 6.45) is 19.3. The predicted molar refractivity (Wildman–Crippen MR) is 406 cm³/mol. The highest BCUT2D eigenvalue weighted by atomic mass is 16.6. The van der Waals surface area contributed by atoms with Gasteiger partial charge in [0.2, 0.25) is 0 Å². The number of aliphatic imine (C=N–C) groups is 5. The largest absolute Gasteiger partial charge is 0.450 e. The topological polar surface area (TPSA) is 243 Å². The lowest BCUT2D eigenvalue weighted by Gasteiger charge is -2.48. The average molecular weight is 1410 g/mol. The van der Waals surface area contributed by atoms with Gasteiger partial charge >= 0.3 is 35.3 Å². The van der Waals surface area contributed by atoms with Crippen LogP contribution in [0.15, 0.2) is 45.4 Å². The van der Waals surface area contributed by atoms with Crippen molar-refractivity contribution in [2.75, 3.05) is 52.5 Å². The van der Waals surface area contributed by atoms with Crippen molar-refractivity contribution in [2.45, 2.75) is 336 Å². The van der Waals surface area contributed by atoms with Crippen molar-refractivity contribution >= 4 is 36.2 Å². The molecule has 20 heteroatoms. The summed E-state index contributed by atoms with van der Waals surface area (Å²) in [7, 11) is 0. The number of alkyl carbamates (subject to hydrolysis) is 3. The average Bonchev–Trinajstić information content (AvgIpc) is 0.728. The molecule has 0 bridgehead atoms. The van der Waals surface area contributed by atoms with Crippen LogP contribution in [-0.4, -0.2) is 121 Å². The molecule has 1 aromatic rings. The minimum Gasteiger partial charge on any atom is -0.450 e. The minimum atomic E-state index is -0.562. The Morgan fingerprint density at radius 2 is 0.634 bits per heavy atom. The second-order valence-electron chi connectivity index (χ2n) is 40.2. The number of allylic oxidation sites excluding steroid dienone is 1. The van der Waals surface area contributed by atoms with Crippen molar-refractivity contribution in [2.24, 2.45) is 89.9 Å². The first-order valence-corrected chi connectivity index (χ1v) is 39.0. The first-order valence-electron chi connectivity index (χ1n) is 39.0. The van der Waals surface area contributed by atoms with Crippen molar-refractivity contribution < 1.29 is 28.6 Å². The zero-order chi connectivity index (χ0) is 74.9. The number of hydrogen-bond acceptors (Lipinski definition) is 14. The molecule has 0 radical (unpaired) electrons. The number of amides is 3. The number of aromatic nitrogens is 3. The molecule has 6 aliphatic rings. The van der Waals surface area contributed by atoms with Crippen LogP contribution in [0.25, 0.3) is 0 Å². The molecule has 3 N–H and O–H groups in total. The molecule has 1 aromatic heterocycles. The molecule has 570 valence electrons. The number of unbranched alkanes of at least 4 members (excludes halogenated alkanes) is 3. The zero-order valence-electron chi connectivity index (χ0n) is 66.9. The number of ether oxygens (including phenoxy) is 3. The molecule has 7 rings (SSSR count). The van der Waals surface area contributed by atoms with Crippen molar-refractivity contribution in [3.8, 4) is 0 Å². The van der Waals surface area contributed by atoms with Gasteiger partial charge in [0, 0.05) is 36.3 Å². The lowest BCUT2D eigenvalue weighted by Crippen LogP contribution is -2.60. The molecule has 12 unspecified atom stereocenters. The summed E-state index contributed by atoms with van der Waals surface area (Å²) in [5, 5.41) is 9.45. The Kier molecular flexibility index (Phi) is 26.9. The third-order valence-corrected chi connectivity index (χ3v) is 23.1. The number of hydrogen-bond donors (Lipinski definition) is 3. The lowest BCUT2D eigenvalue weighted by molar-refractivity contribution is 0.0443. The Bertz CT molecular complexity index is 3270. The maximum absolute atomic E-state index is 16.1. The van der Waals surface area contributed by atoms with Crippen LogP contribution in [0, 0.1) is 65.0 Å². The molecule has 6 saturated carbocycles. The van der Waals surface area contributed by atoms with E-state index in [0.29, 0.717) is 91.1 Å². The quantitative estimate of drug-likeness (QED) is 0.0453. The van der Waals surface area contributed by atoms with Crippen LogP contribution in [-0.2, 0) is 14.2 Å². The fourth-order valence-electron chi connectivity index (χ4n) is 21.6. The van der Waals surface area contributed by atoms with Crippen LogP contribution in [0.3, 0.4) is 0 Å². The van der Waals surface area contributed by atoms with Gasteiger partial charge in [-0.1, -0.05) is 165 Å². The van der Waals surface area contributed by atoms with E-state index >= 15 is 14.4 Å². The van der Waals surface area contributed by atoms with Crippen molar-refractivity contribution in [1.82, 2.24) is 29.7 Å². The highest BCUT2D eigenvalue weighted by Gasteiger charge is 2.50. The molecule has 3 amide bonds. The summed E-state index contributed by atoms with van der Waals surface area (Å²) in [5.41, 5.74) is -4.84.